The second-order valence-corrected chi connectivity index (χ2v) is 5.19. The highest BCUT2D eigenvalue weighted by Crippen LogP contribution is 2.09. The number of halogens is 1. The van der Waals surface area contributed by atoms with Crippen molar-refractivity contribution in [3.05, 3.63) is 28.5 Å². The first-order chi connectivity index (χ1) is 9.45. The predicted molar refractivity (Wildman–Crippen MR) is 78.4 cm³/mol. The molecule has 1 rings (SSSR count). The average molecular weight is 344 g/mol. The molecule has 2 amide bonds. The van der Waals surface area contributed by atoms with Gasteiger partial charge in [0.15, 0.2) is 0 Å². The van der Waals surface area contributed by atoms with Gasteiger partial charge in [-0.25, -0.2) is 4.98 Å². The Hall–Kier alpha value is -1.47. The summed E-state index contributed by atoms with van der Waals surface area (Å²) >= 11 is 3.22. The quantitative estimate of drug-likeness (QED) is 0.723. The largest absolute Gasteiger partial charge is 0.383 e. The van der Waals surface area contributed by atoms with E-state index in [0.717, 1.165) is 0 Å². The molecule has 0 spiro atoms. The van der Waals surface area contributed by atoms with Gasteiger partial charge in [-0.1, -0.05) is 0 Å². The number of nitrogens with zero attached hydrogens (tertiary/aromatic N) is 3. The summed E-state index contributed by atoms with van der Waals surface area (Å²) in [6, 6.07) is 3.36. The minimum absolute atomic E-state index is 0.0191. The fourth-order valence-corrected chi connectivity index (χ4v) is 1.68. The number of carbonyl (C=O) groups excluding carboxylic acids is 2. The van der Waals surface area contributed by atoms with Crippen molar-refractivity contribution >= 4 is 27.7 Å². The van der Waals surface area contributed by atoms with E-state index in [1.807, 2.05) is 0 Å². The van der Waals surface area contributed by atoms with Gasteiger partial charge in [-0.2, -0.15) is 0 Å². The average Bonchev–Trinajstić information content (AvgIpc) is 2.43. The molecule has 6 nitrogen and oxygen atoms in total. The van der Waals surface area contributed by atoms with Crippen molar-refractivity contribution in [1.82, 2.24) is 14.8 Å². The number of methoxy groups -OCH3 is 1. The van der Waals surface area contributed by atoms with Crippen LogP contribution in [0.1, 0.15) is 10.4 Å². The lowest BCUT2D eigenvalue weighted by molar-refractivity contribution is -0.129. The zero-order valence-corrected chi connectivity index (χ0v) is 13.4. The fourth-order valence-electron chi connectivity index (χ4n) is 1.44. The lowest BCUT2D eigenvalue weighted by atomic mass is 10.2. The number of pyridine rings is 1. The number of likely N-dealkylation sites (N-methyl/N-ethyl adjacent to an activating group) is 1. The summed E-state index contributed by atoms with van der Waals surface area (Å²) in [5.41, 5.74) is 0.441. The van der Waals surface area contributed by atoms with Crippen molar-refractivity contribution in [2.45, 2.75) is 0 Å². The minimum Gasteiger partial charge on any atom is -0.383 e. The molecule has 0 radical (unpaired) electrons. The van der Waals surface area contributed by atoms with Gasteiger partial charge in [0, 0.05) is 33.9 Å². The lowest BCUT2D eigenvalue weighted by Gasteiger charge is -2.23. The molecule has 0 aliphatic heterocycles. The second-order valence-electron chi connectivity index (χ2n) is 4.38. The molecule has 1 aromatic heterocycles. The molecule has 1 aromatic rings. The van der Waals surface area contributed by atoms with E-state index in [1.165, 1.54) is 16.0 Å². The van der Waals surface area contributed by atoms with E-state index in [1.54, 1.807) is 33.3 Å². The normalized spacial score (nSPS) is 10.2. The number of aromatic nitrogens is 1. The zero-order valence-electron chi connectivity index (χ0n) is 11.8. The molecule has 0 fully saturated rings. The monoisotopic (exact) mass is 343 g/mol. The van der Waals surface area contributed by atoms with Crippen molar-refractivity contribution in [3.63, 3.8) is 0 Å². The maximum Gasteiger partial charge on any atom is 0.255 e. The molecule has 7 heteroatoms. The molecule has 0 aromatic carbocycles. The van der Waals surface area contributed by atoms with Crippen molar-refractivity contribution in [3.8, 4) is 0 Å². The van der Waals surface area contributed by atoms with Crippen LogP contribution in [0.2, 0.25) is 0 Å². The maximum atomic E-state index is 12.4. The summed E-state index contributed by atoms with van der Waals surface area (Å²) in [6.07, 6.45) is 1.48. The highest BCUT2D eigenvalue weighted by Gasteiger charge is 2.19. The summed E-state index contributed by atoms with van der Waals surface area (Å²) in [5, 5.41) is 0. The Bertz CT molecular complexity index is 462. The summed E-state index contributed by atoms with van der Waals surface area (Å²) in [5.74, 6) is -0.378. The third-order valence-corrected chi connectivity index (χ3v) is 3.12. The van der Waals surface area contributed by atoms with Crippen LogP contribution in [-0.2, 0) is 9.53 Å². The predicted octanol–water partition coefficient (Wildman–Crippen LogP) is 1.02. The molecule has 0 saturated heterocycles. The lowest BCUT2D eigenvalue weighted by Crippen LogP contribution is -2.41. The molecule has 0 aliphatic carbocycles. The van der Waals surface area contributed by atoms with Crippen LogP contribution in [0.3, 0.4) is 0 Å². The summed E-state index contributed by atoms with van der Waals surface area (Å²) < 4.78 is 5.63. The molecule has 0 aliphatic rings. The molecule has 110 valence electrons. The Balaban J connectivity index is 2.83. The van der Waals surface area contributed by atoms with E-state index in [-0.39, 0.29) is 18.4 Å². The van der Waals surface area contributed by atoms with E-state index in [0.29, 0.717) is 23.3 Å². The molecule has 0 bridgehead atoms. The molecule has 20 heavy (non-hydrogen) atoms. The Morgan fingerprint density at radius 1 is 1.35 bits per heavy atom. The minimum atomic E-state index is -0.239. The third-order valence-electron chi connectivity index (χ3n) is 2.65. The van der Waals surface area contributed by atoms with Crippen LogP contribution in [0.15, 0.2) is 22.9 Å². The Labute approximate surface area is 126 Å². The first-order valence-electron chi connectivity index (χ1n) is 6.05. The fraction of sp³-hybridized carbons (Fsp3) is 0.462. The zero-order chi connectivity index (χ0) is 15.1. The number of amides is 2. The maximum absolute atomic E-state index is 12.4. The van der Waals surface area contributed by atoms with Crippen LogP contribution >= 0.6 is 15.9 Å². The molecule has 0 unspecified atom stereocenters. The Kier molecular flexibility index (Phi) is 6.60. The first kappa shape index (κ1) is 16.6. The van der Waals surface area contributed by atoms with Crippen LogP contribution in [0.25, 0.3) is 0 Å². The van der Waals surface area contributed by atoms with E-state index in [4.69, 9.17) is 4.74 Å². The van der Waals surface area contributed by atoms with Gasteiger partial charge in [-0.3, -0.25) is 9.59 Å². The summed E-state index contributed by atoms with van der Waals surface area (Å²) in [6.45, 7) is 0.743. The van der Waals surface area contributed by atoms with E-state index in [2.05, 4.69) is 20.9 Å². The SMILES string of the molecule is COCCN(CC(=O)N(C)C)C(=O)c1ccc(Br)nc1. The van der Waals surface area contributed by atoms with Crippen molar-refractivity contribution in [2.75, 3.05) is 40.9 Å². The van der Waals surface area contributed by atoms with E-state index in [9.17, 15) is 9.59 Å². The van der Waals surface area contributed by atoms with Gasteiger partial charge in [0.2, 0.25) is 5.91 Å². The van der Waals surface area contributed by atoms with Crippen molar-refractivity contribution in [1.29, 1.82) is 0 Å². The molecular formula is C13H18BrN3O3. The number of carbonyl (C=O) groups is 2. The molecule has 0 saturated carbocycles. The van der Waals surface area contributed by atoms with Gasteiger partial charge in [-0.05, 0) is 28.1 Å². The van der Waals surface area contributed by atoms with Gasteiger partial charge in [0.1, 0.15) is 11.1 Å². The summed E-state index contributed by atoms with van der Waals surface area (Å²) in [7, 11) is 4.86. The van der Waals surface area contributed by atoms with E-state index >= 15 is 0 Å². The van der Waals surface area contributed by atoms with Crippen LogP contribution in [0, 0.1) is 0 Å². The van der Waals surface area contributed by atoms with Crippen LogP contribution in [0.5, 0.6) is 0 Å². The molecule has 0 N–H and O–H groups in total. The number of hydrogen-bond donors (Lipinski definition) is 0. The second kappa shape index (κ2) is 7.96. The van der Waals surface area contributed by atoms with E-state index < -0.39 is 0 Å². The Morgan fingerprint density at radius 3 is 2.55 bits per heavy atom. The van der Waals surface area contributed by atoms with Gasteiger partial charge in [0.25, 0.3) is 5.91 Å². The summed E-state index contributed by atoms with van der Waals surface area (Å²) in [4.78, 5) is 31.1. The highest BCUT2D eigenvalue weighted by molar-refractivity contribution is 9.10. The van der Waals surface area contributed by atoms with Crippen LogP contribution in [-0.4, -0.2) is 67.5 Å². The smallest absolute Gasteiger partial charge is 0.255 e. The van der Waals surface area contributed by atoms with Gasteiger partial charge in [-0.15, -0.1) is 0 Å². The van der Waals surface area contributed by atoms with Gasteiger partial charge >= 0.3 is 0 Å². The van der Waals surface area contributed by atoms with Crippen LogP contribution in [0.4, 0.5) is 0 Å². The number of hydrogen-bond acceptors (Lipinski definition) is 4. The topological polar surface area (TPSA) is 62.7 Å². The van der Waals surface area contributed by atoms with Crippen LogP contribution < -0.4 is 0 Å². The molecule has 1 heterocycles. The molecular weight excluding hydrogens is 326 g/mol. The number of ether oxygens (including phenoxy) is 1. The van der Waals surface area contributed by atoms with Crippen molar-refractivity contribution < 1.29 is 14.3 Å². The van der Waals surface area contributed by atoms with Gasteiger partial charge < -0.3 is 14.5 Å². The number of rotatable bonds is 6. The highest BCUT2D eigenvalue weighted by atomic mass is 79.9. The standard InChI is InChI=1S/C13H18BrN3O3/c1-16(2)12(18)9-17(6-7-20-3)13(19)10-4-5-11(14)15-8-10/h4-5,8H,6-7,9H2,1-3H3. The third kappa shape index (κ3) is 4.90. The molecule has 0 atom stereocenters. The van der Waals surface area contributed by atoms with Gasteiger partial charge in [0.05, 0.1) is 12.2 Å². The Morgan fingerprint density at radius 2 is 2.05 bits per heavy atom. The first-order valence-corrected chi connectivity index (χ1v) is 6.85. The van der Waals surface area contributed by atoms with Crippen molar-refractivity contribution in [2.24, 2.45) is 0 Å².